The molecular formula is C13H20N2O5S. The molecule has 0 bridgehead atoms. The molecule has 2 N–H and O–H groups in total. The van der Waals surface area contributed by atoms with Gasteiger partial charge in [0.2, 0.25) is 10.0 Å². The molecule has 1 amide bonds. The monoisotopic (exact) mass is 316 g/mol. The number of carbonyl (C=O) groups excluding carboxylic acids is 1. The number of rotatable bonds is 5. The number of methoxy groups -OCH3 is 1. The summed E-state index contributed by atoms with van der Waals surface area (Å²) in [5.41, 5.74) is 0.616. The molecular weight excluding hydrogens is 296 g/mol. The molecule has 1 aromatic rings. The summed E-state index contributed by atoms with van der Waals surface area (Å²) < 4.78 is 31.3. The van der Waals surface area contributed by atoms with Crippen molar-refractivity contribution >= 4 is 15.9 Å². The van der Waals surface area contributed by atoms with E-state index in [0.29, 0.717) is 5.75 Å². The van der Waals surface area contributed by atoms with Gasteiger partial charge in [-0.1, -0.05) is 0 Å². The van der Waals surface area contributed by atoms with Crippen LogP contribution >= 0.6 is 0 Å². The van der Waals surface area contributed by atoms with E-state index in [0.717, 1.165) is 4.31 Å². The Morgan fingerprint density at radius 2 is 1.81 bits per heavy atom. The molecule has 7 nitrogen and oxygen atoms in total. The van der Waals surface area contributed by atoms with Crippen LogP contribution < -0.4 is 10.2 Å². The van der Waals surface area contributed by atoms with Crippen molar-refractivity contribution < 1.29 is 23.2 Å². The number of carbonyl (C=O) groups is 1. The van der Waals surface area contributed by atoms with Gasteiger partial charge in [0.1, 0.15) is 5.75 Å². The minimum atomic E-state index is -3.88. The first-order valence-electron chi connectivity index (χ1n) is 6.22. The summed E-state index contributed by atoms with van der Waals surface area (Å²) in [5.74, 6) is -0.272. The van der Waals surface area contributed by atoms with Crippen LogP contribution in [0.4, 0.5) is 0 Å². The highest BCUT2D eigenvalue weighted by atomic mass is 32.2. The summed E-state index contributed by atoms with van der Waals surface area (Å²) in [4.78, 5) is 11.4. The number of hydroxylamine groups is 1. The van der Waals surface area contributed by atoms with Gasteiger partial charge in [0.15, 0.2) is 0 Å². The van der Waals surface area contributed by atoms with E-state index in [2.05, 4.69) is 0 Å². The number of hydrogen-bond donors (Lipinski definition) is 2. The zero-order chi connectivity index (χ0) is 16.3. The lowest BCUT2D eigenvalue weighted by molar-refractivity contribution is -0.130. The van der Waals surface area contributed by atoms with Crippen LogP contribution in [0.2, 0.25) is 0 Å². The maximum atomic E-state index is 12.7. The predicted octanol–water partition coefficient (Wildman–Crippen LogP) is 0.990. The average Bonchev–Trinajstić information content (AvgIpc) is 2.43. The molecule has 0 aliphatic rings. The number of amides is 1. The highest BCUT2D eigenvalue weighted by molar-refractivity contribution is 7.89. The Kier molecular flexibility index (Phi) is 5.32. The fraction of sp³-hybridized carbons (Fsp3) is 0.462. The first kappa shape index (κ1) is 17.4. The molecule has 0 atom stereocenters. The molecule has 1 aromatic carbocycles. The van der Waals surface area contributed by atoms with Gasteiger partial charge in [0, 0.05) is 5.54 Å². The third kappa shape index (κ3) is 4.16. The zero-order valence-electron chi connectivity index (χ0n) is 12.5. The van der Waals surface area contributed by atoms with E-state index in [-0.39, 0.29) is 4.90 Å². The summed E-state index contributed by atoms with van der Waals surface area (Å²) >= 11 is 0. The SMILES string of the molecule is COc1ccc(S(=O)(=O)N(CC(=O)NO)C(C)(C)C)cc1. The summed E-state index contributed by atoms with van der Waals surface area (Å²) in [6, 6.07) is 5.87. The van der Waals surface area contributed by atoms with E-state index in [1.54, 1.807) is 20.8 Å². The lowest BCUT2D eigenvalue weighted by atomic mass is 10.1. The Hall–Kier alpha value is -1.64. The molecule has 0 radical (unpaired) electrons. The van der Waals surface area contributed by atoms with E-state index in [1.807, 2.05) is 0 Å². The number of nitrogens with zero attached hydrogens (tertiary/aromatic N) is 1. The molecule has 0 aromatic heterocycles. The Morgan fingerprint density at radius 3 is 2.19 bits per heavy atom. The van der Waals surface area contributed by atoms with Gasteiger partial charge in [-0.25, -0.2) is 13.9 Å². The number of benzene rings is 1. The number of nitrogens with one attached hydrogen (secondary N) is 1. The molecule has 1 rings (SSSR count). The van der Waals surface area contributed by atoms with Gasteiger partial charge >= 0.3 is 0 Å². The molecule has 0 heterocycles. The normalized spacial score (nSPS) is 12.3. The molecule has 0 fully saturated rings. The molecule has 21 heavy (non-hydrogen) atoms. The van der Waals surface area contributed by atoms with Gasteiger partial charge in [-0.3, -0.25) is 10.0 Å². The first-order valence-corrected chi connectivity index (χ1v) is 7.66. The highest BCUT2D eigenvalue weighted by Crippen LogP contribution is 2.25. The Labute approximate surface area is 124 Å². The van der Waals surface area contributed by atoms with Gasteiger partial charge in [0.05, 0.1) is 18.6 Å². The van der Waals surface area contributed by atoms with Crippen LogP contribution in [0.15, 0.2) is 29.2 Å². The molecule has 118 valence electrons. The quantitative estimate of drug-likeness (QED) is 0.624. The van der Waals surface area contributed by atoms with Crippen LogP contribution in [-0.4, -0.2) is 43.0 Å². The van der Waals surface area contributed by atoms with E-state index in [1.165, 1.54) is 36.9 Å². The van der Waals surface area contributed by atoms with Crippen LogP contribution in [0, 0.1) is 0 Å². The highest BCUT2D eigenvalue weighted by Gasteiger charge is 2.35. The second-order valence-electron chi connectivity index (χ2n) is 5.39. The number of hydrogen-bond acceptors (Lipinski definition) is 5. The van der Waals surface area contributed by atoms with Crippen LogP contribution in [0.1, 0.15) is 20.8 Å². The van der Waals surface area contributed by atoms with Crippen molar-refractivity contribution in [3.05, 3.63) is 24.3 Å². The maximum absolute atomic E-state index is 12.7. The summed E-state index contributed by atoms with van der Waals surface area (Å²) in [6.07, 6.45) is 0. The zero-order valence-corrected chi connectivity index (χ0v) is 13.3. The molecule has 8 heteroatoms. The summed E-state index contributed by atoms with van der Waals surface area (Å²) in [6.45, 7) is 4.52. The molecule has 0 aliphatic heterocycles. The summed E-state index contributed by atoms with van der Waals surface area (Å²) in [5, 5.41) is 8.62. The second-order valence-corrected chi connectivity index (χ2v) is 7.26. The molecule has 0 saturated heterocycles. The van der Waals surface area contributed by atoms with Crippen molar-refractivity contribution in [1.82, 2.24) is 9.79 Å². The Bertz CT molecular complexity index is 590. The third-order valence-electron chi connectivity index (χ3n) is 2.81. The second kappa shape index (κ2) is 6.42. The Morgan fingerprint density at radius 1 is 1.29 bits per heavy atom. The first-order chi connectivity index (χ1) is 9.62. The van der Waals surface area contributed by atoms with Crippen molar-refractivity contribution in [3.8, 4) is 5.75 Å². The van der Waals surface area contributed by atoms with E-state index in [4.69, 9.17) is 9.94 Å². The molecule has 0 unspecified atom stereocenters. The van der Waals surface area contributed by atoms with Gasteiger partial charge in [0.25, 0.3) is 5.91 Å². The fourth-order valence-corrected chi connectivity index (χ4v) is 3.47. The van der Waals surface area contributed by atoms with E-state index in [9.17, 15) is 13.2 Å². The van der Waals surface area contributed by atoms with Crippen LogP contribution in [0.25, 0.3) is 0 Å². The number of sulfonamides is 1. The minimum absolute atomic E-state index is 0.0453. The Balaban J connectivity index is 3.23. The molecule has 0 saturated carbocycles. The largest absolute Gasteiger partial charge is 0.497 e. The van der Waals surface area contributed by atoms with Crippen molar-refractivity contribution in [2.24, 2.45) is 0 Å². The number of ether oxygens (including phenoxy) is 1. The van der Waals surface area contributed by atoms with Crippen molar-refractivity contribution in [2.45, 2.75) is 31.2 Å². The van der Waals surface area contributed by atoms with Crippen LogP contribution in [0.3, 0.4) is 0 Å². The topological polar surface area (TPSA) is 95.9 Å². The van der Waals surface area contributed by atoms with E-state index < -0.39 is 28.0 Å². The van der Waals surface area contributed by atoms with Crippen LogP contribution in [-0.2, 0) is 14.8 Å². The fourth-order valence-electron chi connectivity index (χ4n) is 1.72. The van der Waals surface area contributed by atoms with Gasteiger partial charge < -0.3 is 4.74 Å². The van der Waals surface area contributed by atoms with Gasteiger partial charge in [-0.05, 0) is 45.0 Å². The van der Waals surface area contributed by atoms with Crippen LogP contribution in [0.5, 0.6) is 5.75 Å². The molecule has 0 spiro atoms. The van der Waals surface area contributed by atoms with Crippen molar-refractivity contribution in [1.29, 1.82) is 0 Å². The minimum Gasteiger partial charge on any atom is -0.497 e. The lowest BCUT2D eigenvalue weighted by Gasteiger charge is -2.33. The standard InChI is InChI=1S/C13H20N2O5S/c1-13(2,3)15(9-12(16)14-17)21(18,19)11-7-5-10(20-4)6-8-11/h5-8,17H,9H2,1-4H3,(H,14,16). The maximum Gasteiger partial charge on any atom is 0.258 e. The smallest absolute Gasteiger partial charge is 0.258 e. The average molecular weight is 316 g/mol. The predicted molar refractivity (Wildman–Crippen MR) is 76.6 cm³/mol. The van der Waals surface area contributed by atoms with E-state index >= 15 is 0 Å². The van der Waals surface area contributed by atoms with Gasteiger partial charge in [-0.15, -0.1) is 0 Å². The van der Waals surface area contributed by atoms with Crippen molar-refractivity contribution in [2.75, 3.05) is 13.7 Å². The lowest BCUT2D eigenvalue weighted by Crippen LogP contribution is -2.49. The van der Waals surface area contributed by atoms with Crippen molar-refractivity contribution in [3.63, 3.8) is 0 Å². The molecule has 0 aliphatic carbocycles. The third-order valence-corrected chi connectivity index (χ3v) is 4.93. The van der Waals surface area contributed by atoms with Gasteiger partial charge in [-0.2, -0.15) is 4.31 Å². The summed E-state index contributed by atoms with van der Waals surface area (Å²) in [7, 11) is -2.40.